The Kier molecular flexibility index (Phi) is 7.54. The Morgan fingerprint density at radius 3 is 2.31 bits per heavy atom. The Balaban J connectivity index is 1.96. The van der Waals surface area contributed by atoms with Crippen molar-refractivity contribution in [2.75, 3.05) is 30.0 Å². The molecule has 0 aliphatic heterocycles. The number of ether oxygens (including phenoxy) is 1. The lowest BCUT2D eigenvalue weighted by atomic mass is 9.85. The number of nitrogens with one attached hydrogen (secondary N) is 2. The third-order valence-electron chi connectivity index (χ3n) is 4.99. The van der Waals surface area contributed by atoms with Gasteiger partial charge < -0.3 is 20.3 Å². The molecule has 158 valence electrons. The molecule has 0 bridgehead atoms. The third-order valence-corrected chi connectivity index (χ3v) is 4.99. The number of amides is 2. The molecular weight excluding hydrogens is 362 g/mol. The highest BCUT2D eigenvalue weighted by Gasteiger charge is 2.19. The summed E-state index contributed by atoms with van der Waals surface area (Å²) in [6.45, 7) is 16.8. The van der Waals surface area contributed by atoms with E-state index in [1.54, 1.807) is 0 Å². The second kappa shape index (κ2) is 9.68. The number of nitrogens with zero attached hydrogens (tertiary/aromatic N) is 1. The molecule has 2 aromatic rings. The van der Waals surface area contributed by atoms with Gasteiger partial charge in [-0.15, -0.1) is 0 Å². The molecule has 2 amide bonds. The van der Waals surface area contributed by atoms with Gasteiger partial charge in [0.2, 0.25) is 0 Å². The summed E-state index contributed by atoms with van der Waals surface area (Å²) in [7, 11) is 0. The van der Waals surface area contributed by atoms with E-state index in [1.165, 1.54) is 5.56 Å². The number of aryl methyl sites for hydroxylation is 2. The van der Waals surface area contributed by atoms with Gasteiger partial charge in [0.25, 0.3) is 0 Å². The van der Waals surface area contributed by atoms with Gasteiger partial charge in [-0.05, 0) is 68.5 Å². The van der Waals surface area contributed by atoms with Gasteiger partial charge in [-0.1, -0.05) is 38.5 Å². The van der Waals surface area contributed by atoms with E-state index in [4.69, 9.17) is 4.74 Å². The highest BCUT2D eigenvalue weighted by atomic mass is 16.5. The Morgan fingerprint density at radius 2 is 1.72 bits per heavy atom. The maximum Gasteiger partial charge on any atom is 0.321 e. The highest BCUT2D eigenvalue weighted by Crippen LogP contribution is 2.32. The zero-order chi connectivity index (χ0) is 21.6. The first-order chi connectivity index (χ1) is 13.7. The van der Waals surface area contributed by atoms with E-state index in [1.807, 2.05) is 31.2 Å². The first-order valence-corrected chi connectivity index (χ1v) is 10.3. The van der Waals surface area contributed by atoms with Gasteiger partial charge in [-0.3, -0.25) is 0 Å². The highest BCUT2D eigenvalue weighted by molar-refractivity contribution is 5.90. The van der Waals surface area contributed by atoms with Crippen molar-refractivity contribution in [1.29, 1.82) is 0 Å². The van der Waals surface area contributed by atoms with Crippen molar-refractivity contribution in [2.24, 2.45) is 0 Å². The monoisotopic (exact) mass is 397 g/mol. The zero-order valence-electron chi connectivity index (χ0n) is 18.8. The van der Waals surface area contributed by atoms with E-state index in [2.05, 4.69) is 69.2 Å². The molecule has 0 unspecified atom stereocenters. The van der Waals surface area contributed by atoms with E-state index in [9.17, 15) is 4.79 Å². The van der Waals surface area contributed by atoms with Crippen LogP contribution in [0.1, 0.15) is 51.3 Å². The fraction of sp³-hybridized carbons (Fsp3) is 0.458. The van der Waals surface area contributed by atoms with Crippen molar-refractivity contribution >= 4 is 17.4 Å². The van der Waals surface area contributed by atoms with Crippen molar-refractivity contribution < 1.29 is 9.53 Å². The number of benzene rings is 2. The standard InChI is InChI=1S/C24H35N3O2/c1-8-27(9-2)19-11-12-21(18(4)15-19)26-23(28)25-16-29-22-13-10-17(3)14-20(22)24(5,6)7/h10-15H,8-9,16H2,1-7H3,(H2,25,26,28). The van der Waals surface area contributed by atoms with Crippen molar-refractivity contribution in [1.82, 2.24) is 5.32 Å². The molecule has 2 rings (SSSR count). The Bertz CT molecular complexity index is 837. The van der Waals surface area contributed by atoms with Crippen LogP contribution in [0.4, 0.5) is 16.2 Å². The van der Waals surface area contributed by atoms with E-state index < -0.39 is 0 Å². The summed E-state index contributed by atoms with van der Waals surface area (Å²) < 4.78 is 5.86. The van der Waals surface area contributed by atoms with E-state index in [-0.39, 0.29) is 18.2 Å². The molecule has 0 atom stereocenters. The first-order valence-electron chi connectivity index (χ1n) is 10.3. The number of anilines is 2. The first kappa shape index (κ1) is 22.6. The number of hydrogen-bond acceptors (Lipinski definition) is 3. The Hall–Kier alpha value is -2.69. The normalized spacial score (nSPS) is 11.1. The van der Waals surface area contributed by atoms with Gasteiger partial charge in [0.15, 0.2) is 6.73 Å². The summed E-state index contributed by atoms with van der Waals surface area (Å²) in [4.78, 5) is 14.6. The molecule has 5 nitrogen and oxygen atoms in total. The predicted octanol–water partition coefficient (Wildman–Crippen LogP) is 5.61. The molecule has 2 aromatic carbocycles. The van der Waals surface area contributed by atoms with Crippen LogP contribution in [0.25, 0.3) is 0 Å². The molecule has 5 heteroatoms. The molecule has 0 radical (unpaired) electrons. The Morgan fingerprint density at radius 1 is 1.03 bits per heavy atom. The summed E-state index contributed by atoms with van der Waals surface area (Å²) in [6, 6.07) is 11.9. The van der Waals surface area contributed by atoms with Gasteiger partial charge in [-0.2, -0.15) is 0 Å². The van der Waals surface area contributed by atoms with Gasteiger partial charge in [0, 0.05) is 24.5 Å². The van der Waals surface area contributed by atoms with Crippen LogP contribution in [0.2, 0.25) is 0 Å². The number of carbonyl (C=O) groups is 1. The molecule has 0 saturated heterocycles. The number of carbonyl (C=O) groups excluding carboxylic acids is 1. The molecule has 0 spiro atoms. The van der Waals surface area contributed by atoms with E-state index in [0.717, 1.165) is 41.3 Å². The summed E-state index contributed by atoms with van der Waals surface area (Å²) in [5.41, 5.74) is 5.27. The van der Waals surface area contributed by atoms with Crippen LogP contribution in [0.5, 0.6) is 5.75 Å². The van der Waals surface area contributed by atoms with Crippen LogP contribution in [0, 0.1) is 13.8 Å². The summed E-state index contributed by atoms with van der Waals surface area (Å²) in [5, 5.41) is 5.68. The topological polar surface area (TPSA) is 53.6 Å². The lowest BCUT2D eigenvalue weighted by molar-refractivity contribution is 0.233. The van der Waals surface area contributed by atoms with Crippen LogP contribution >= 0.6 is 0 Å². The zero-order valence-corrected chi connectivity index (χ0v) is 18.8. The second-order valence-electron chi connectivity index (χ2n) is 8.34. The minimum absolute atomic E-state index is 0.0344. The van der Waals surface area contributed by atoms with Crippen molar-refractivity contribution in [2.45, 2.75) is 53.9 Å². The van der Waals surface area contributed by atoms with E-state index in [0.29, 0.717) is 0 Å². The average Bonchev–Trinajstić information content (AvgIpc) is 2.65. The molecular formula is C24H35N3O2. The Labute approximate surface area is 175 Å². The number of rotatable bonds is 7. The maximum atomic E-state index is 12.3. The van der Waals surface area contributed by atoms with Crippen molar-refractivity contribution in [3.63, 3.8) is 0 Å². The van der Waals surface area contributed by atoms with Gasteiger partial charge in [0.1, 0.15) is 5.75 Å². The average molecular weight is 398 g/mol. The second-order valence-corrected chi connectivity index (χ2v) is 8.34. The molecule has 0 fully saturated rings. The van der Waals surface area contributed by atoms with Crippen LogP contribution in [-0.2, 0) is 5.41 Å². The van der Waals surface area contributed by atoms with Crippen LogP contribution in [-0.4, -0.2) is 25.9 Å². The molecule has 0 heterocycles. The molecule has 29 heavy (non-hydrogen) atoms. The smallest absolute Gasteiger partial charge is 0.321 e. The lowest BCUT2D eigenvalue weighted by Gasteiger charge is -2.23. The van der Waals surface area contributed by atoms with E-state index >= 15 is 0 Å². The third kappa shape index (κ3) is 6.14. The maximum absolute atomic E-state index is 12.3. The van der Waals surface area contributed by atoms with Crippen molar-refractivity contribution in [3.8, 4) is 5.75 Å². The quantitative estimate of drug-likeness (QED) is 0.598. The van der Waals surface area contributed by atoms with Gasteiger partial charge in [-0.25, -0.2) is 4.79 Å². The summed E-state index contributed by atoms with van der Waals surface area (Å²) in [5.74, 6) is 0.795. The molecule has 0 saturated carbocycles. The van der Waals surface area contributed by atoms with Crippen LogP contribution in [0.3, 0.4) is 0 Å². The minimum atomic E-state index is -0.284. The number of hydrogen-bond donors (Lipinski definition) is 2. The molecule has 0 aliphatic carbocycles. The fourth-order valence-corrected chi connectivity index (χ4v) is 3.28. The molecule has 0 aliphatic rings. The van der Waals surface area contributed by atoms with Crippen LogP contribution < -0.4 is 20.3 Å². The minimum Gasteiger partial charge on any atom is -0.473 e. The van der Waals surface area contributed by atoms with Gasteiger partial charge >= 0.3 is 6.03 Å². The fourth-order valence-electron chi connectivity index (χ4n) is 3.28. The molecule has 2 N–H and O–H groups in total. The summed E-state index contributed by atoms with van der Waals surface area (Å²) >= 11 is 0. The van der Waals surface area contributed by atoms with Crippen LogP contribution in [0.15, 0.2) is 36.4 Å². The molecule has 0 aromatic heterocycles. The summed E-state index contributed by atoms with van der Waals surface area (Å²) in [6.07, 6.45) is 0. The van der Waals surface area contributed by atoms with Gasteiger partial charge in [0.05, 0.1) is 0 Å². The largest absolute Gasteiger partial charge is 0.473 e. The number of urea groups is 1. The lowest BCUT2D eigenvalue weighted by Crippen LogP contribution is -2.32. The predicted molar refractivity (Wildman–Crippen MR) is 122 cm³/mol. The van der Waals surface area contributed by atoms with Crippen molar-refractivity contribution in [3.05, 3.63) is 53.1 Å². The SMILES string of the molecule is CCN(CC)c1ccc(NC(=O)NCOc2ccc(C)cc2C(C)(C)C)c(C)c1.